The van der Waals surface area contributed by atoms with E-state index in [2.05, 4.69) is 4.74 Å². The van der Waals surface area contributed by atoms with Gasteiger partial charge in [0.25, 0.3) is 0 Å². The minimum Gasteiger partial charge on any atom is -0.449 e. The molecule has 1 aromatic carbocycles. The van der Waals surface area contributed by atoms with Gasteiger partial charge in [-0.1, -0.05) is 0 Å². The third-order valence-electron chi connectivity index (χ3n) is 3.36. The van der Waals surface area contributed by atoms with Crippen LogP contribution in [0.3, 0.4) is 0 Å². The van der Waals surface area contributed by atoms with E-state index in [1.54, 1.807) is 0 Å². The van der Waals surface area contributed by atoms with Gasteiger partial charge in [0.15, 0.2) is 23.2 Å². The van der Waals surface area contributed by atoms with Gasteiger partial charge < -0.3 is 14.4 Å². The summed E-state index contributed by atoms with van der Waals surface area (Å²) < 4.78 is 59.0. The zero-order valence-electron chi connectivity index (χ0n) is 10.6. The predicted molar refractivity (Wildman–Crippen MR) is 65.3 cm³/mol. The summed E-state index contributed by atoms with van der Waals surface area (Å²) in [6.07, 6.45) is -2.43. The number of carbonyl (C=O) groups is 1. The first kappa shape index (κ1) is 14.4. The van der Waals surface area contributed by atoms with E-state index < -0.39 is 57.9 Å². The molecule has 9 heteroatoms. The number of ether oxygens (including phenoxy) is 1. The highest BCUT2D eigenvalue weighted by Crippen LogP contribution is 2.41. The molecule has 1 fully saturated rings. The average Bonchev–Trinajstić information content (AvgIpc) is 3.16. The number of nitrogens with zero attached hydrogens (tertiary/aromatic N) is 1. The van der Waals surface area contributed by atoms with Crippen molar-refractivity contribution < 1.29 is 32.2 Å². The molecule has 1 heterocycles. The van der Waals surface area contributed by atoms with E-state index in [-0.39, 0.29) is 6.42 Å². The highest BCUT2D eigenvalue weighted by atomic mass is 19.2. The lowest BCUT2D eigenvalue weighted by molar-refractivity contribution is 0.143. The van der Waals surface area contributed by atoms with E-state index in [1.165, 1.54) is 0 Å². The fourth-order valence-corrected chi connectivity index (χ4v) is 2.26. The van der Waals surface area contributed by atoms with Gasteiger partial charge in [-0.15, -0.1) is 0 Å². The molecule has 1 aromatic heterocycles. The van der Waals surface area contributed by atoms with Gasteiger partial charge in [0.1, 0.15) is 6.17 Å². The number of halogens is 4. The molecule has 1 aliphatic carbocycles. The molecule has 1 saturated carbocycles. The van der Waals surface area contributed by atoms with Crippen LogP contribution in [0.5, 0.6) is 5.75 Å². The van der Waals surface area contributed by atoms with Crippen LogP contribution in [0, 0.1) is 17.5 Å². The van der Waals surface area contributed by atoms with Crippen molar-refractivity contribution in [3.63, 3.8) is 0 Å². The van der Waals surface area contributed by atoms with Gasteiger partial charge >= 0.3 is 6.16 Å². The molecule has 0 unspecified atom stereocenters. The van der Waals surface area contributed by atoms with E-state index in [0.717, 1.165) is 10.8 Å². The van der Waals surface area contributed by atoms with Crippen LogP contribution >= 0.6 is 0 Å². The van der Waals surface area contributed by atoms with Crippen LogP contribution < -0.4 is 10.2 Å². The van der Waals surface area contributed by atoms with Crippen LogP contribution in [0.15, 0.2) is 17.1 Å². The zero-order valence-corrected chi connectivity index (χ0v) is 10.6. The molecule has 2 aromatic rings. The Labute approximate surface area is 119 Å². The lowest BCUT2D eigenvalue weighted by Gasteiger charge is -2.13. The van der Waals surface area contributed by atoms with Crippen LogP contribution in [0.2, 0.25) is 0 Å². The second-order valence-corrected chi connectivity index (χ2v) is 4.80. The number of carboxylic acid groups (broad SMARTS) is 1. The van der Waals surface area contributed by atoms with Gasteiger partial charge in [-0.2, -0.15) is 0 Å². The first-order chi connectivity index (χ1) is 10.3. The molecular weight excluding hydrogens is 310 g/mol. The van der Waals surface area contributed by atoms with Gasteiger partial charge in [-0.3, -0.25) is 4.79 Å². The summed E-state index contributed by atoms with van der Waals surface area (Å²) in [5.41, 5.74) is -1.77. The number of pyridine rings is 1. The predicted octanol–water partition coefficient (Wildman–Crippen LogP) is 2.76. The third-order valence-corrected chi connectivity index (χ3v) is 3.36. The van der Waals surface area contributed by atoms with Crippen LogP contribution in [-0.4, -0.2) is 22.0 Å². The van der Waals surface area contributed by atoms with E-state index in [1.807, 2.05) is 0 Å². The quantitative estimate of drug-likeness (QED) is 0.525. The molecule has 1 aliphatic rings. The molecule has 0 radical (unpaired) electrons. The van der Waals surface area contributed by atoms with E-state index in [9.17, 15) is 27.2 Å². The lowest BCUT2D eigenvalue weighted by Crippen LogP contribution is -2.18. The smallest absolute Gasteiger partial charge is 0.449 e. The topological polar surface area (TPSA) is 68.5 Å². The van der Waals surface area contributed by atoms with Crippen LogP contribution in [0.25, 0.3) is 10.9 Å². The fourth-order valence-electron chi connectivity index (χ4n) is 2.26. The minimum atomic E-state index is -1.82. The summed E-state index contributed by atoms with van der Waals surface area (Å²) in [4.78, 5) is 22.6. The number of hydrogen-bond donors (Lipinski definition) is 1. The Kier molecular flexibility index (Phi) is 3.08. The maximum atomic E-state index is 14.0. The number of benzene rings is 1. The summed E-state index contributed by atoms with van der Waals surface area (Å²) >= 11 is 0. The van der Waals surface area contributed by atoms with E-state index >= 15 is 0 Å². The number of hydrogen-bond acceptors (Lipinski definition) is 3. The Morgan fingerprint density at radius 2 is 1.95 bits per heavy atom. The molecule has 22 heavy (non-hydrogen) atoms. The number of rotatable bonds is 2. The van der Waals surface area contributed by atoms with Crippen molar-refractivity contribution in [3.8, 4) is 5.75 Å². The van der Waals surface area contributed by atoms with Crippen molar-refractivity contribution in [2.24, 2.45) is 0 Å². The molecule has 0 bridgehead atoms. The summed E-state index contributed by atoms with van der Waals surface area (Å²) in [6, 6.07) is -0.477. The number of alkyl halides is 1. The normalized spacial score (nSPS) is 20.2. The molecule has 5 nitrogen and oxygen atoms in total. The Bertz CT molecular complexity index is 863. The van der Waals surface area contributed by atoms with Gasteiger partial charge in [-0.25, -0.2) is 22.4 Å². The monoisotopic (exact) mass is 317 g/mol. The third kappa shape index (κ3) is 2.09. The van der Waals surface area contributed by atoms with Crippen LogP contribution in [0.1, 0.15) is 12.5 Å². The Morgan fingerprint density at radius 1 is 1.32 bits per heavy atom. The molecule has 0 amide bonds. The van der Waals surface area contributed by atoms with Gasteiger partial charge in [0.2, 0.25) is 5.43 Å². The van der Waals surface area contributed by atoms with Crippen LogP contribution in [0.4, 0.5) is 22.4 Å². The molecule has 0 saturated heterocycles. The second kappa shape index (κ2) is 4.72. The minimum absolute atomic E-state index is 0.0249. The molecule has 3 rings (SSSR count). The Balaban J connectivity index is 2.39. The first-order valence-electron chi connectivity index (χ1n) is 6.08. The van der Waals surface area contributed by atoms with Crippen molar-refractivity contribution in [2.45, 2.75) is 18.6 Å². The molecule has 0 aliphatic heterocycles. The number of aromatic nitrogens is 1. The van der Waals surface area contributed by atoms with E-state index in [4.69, 9.17) is 5.11 Å². The largest absolute Gasteiger partial charge is 0.511 e. The lowest BCUT2D eigenvalue weighted by atomic mass is 10.1. The highest BCUT2D eigenvalue weighted by molar-refractivity contribution is 5.82. The Hall–Kier alpha value is -2.58. The highest BCUT2D eigenvalue weighted by Gasteiger charge is 2.41. The van der Waals surface area contributed by atoms with Crippen molar-refractivity contribution in [1.29, 1.82) is 0 Å². The van der Waals surface area contributed by atoms with Gasteiger partial charge in [0, 0.05) is 6.42 Å². The zero-order chi connectivity index (χ0) is 16.2. The summed E-state index contributed by atoms with van der Waals surface area (Å²) in [5, 5.41) is 7.93. The molecule has 1 N–H and O–H groups in total. The van der Waals surface area contributed by atoms with Crippen molar-refractivity contribution >= 4 is 17.1 Å². The number of fused-ring (bicyclic) bond motifs is 1. The van der Waals surface area contributed by atoms with Crippen LogP contribution in [-0.2, 0) is 0 Å². The second-order valence-electron chi connectivity index (χ2n) is 4.80. The molecule has 116 valence electrons. The van der Waals surface area contributed by atoms with E-state index in [0.29, 0.717) is 6.07 Å². The van der Waals surface area contributed by atoms with Gasteiger partial charge in [-0.05, 0) is 6.07 Å². The maximum Gasteiger partial charge on any atom is 0.511 e. The molecule has 2 atom stereocenters. The average molecular weight is 317 g/mol. The summed E-state index contributed by atoms with van der Waals surface area (Å²) in [5.74, 6) is -5.81. The molecular formula is C13H7F4NO4. The first-order valence-corrected chi connectivity index (χ1v) is 6.08. The summed E-state index contributed by atoms with van der Waals surface area (Å²) in [7, 11) is 0. The summed E-state index contributed by atoms with van der Waals surface area (Å²) in [6.45, 7) is 0. The van der Waals surface area contributed by atoms with Crippen molar-refractivity contribution in [2.75, 3.05) is 0 Å². The van der Waals surface area contributed by atoms with Crippen molar-refractivity contribution in [1.82, 2.24) is 4.57 Å². The standard InChI is InChI=1S/C13H7F4NO4/c14-5-2-7(5)18-3-8(22-13(20)21)12(19)4-1-6(15)9(16)10(17)11(4)18/h1,3,5,7H,2H2,(H,20,21)/t5-,7-/m1/s1. The Morgan fingerprint density at radius 3 is 2.50 bits per heavy atom. The maximum absolute atomic E-state index is 14.0. The van der Waals surface area contributed by atoms with Crippen molar-refractivity contribution in [3.05, 3.63) is 39.9 Å². The SMILES string of the molecule is O=C(O)Oc1cn([C@@H]2C[C@H]2F)c2c(F)c(F)c(F)cc2c1=O. The van der Waals surface area contributed by atoms with Gasteiger partial charge in [0.05, 0.1) is 23.1 Å². The molecule has 0 spiro atoms. The fraction of sp³-hybridized carbons (Fsp3) is 0.231.